The standard InChI is InChI=1S/C24H34N6O7S/c1-4-5-6-13-36-24(33)27-23(25)28-37-14-12-26-21(31)16-30-18(3)10-11-20(22(30)32)29-38(34,35)19-9-7-8-17(2)15-19/h7-11,15,29H,4-6,12-14,16H2,1-3H3,(H,26,31)(H3,25,27,28,33). The highest BCUT2D eigenvalue weighted by molar-refractivity contribution is 7.92. The Morgan fingerprint density at radius 1 is 1.11 bits per heavy atom. The Labute approximate surface area is 221 Å². The normalized spacial score (nSPS) is 11.5. The van der Waals surface area contributed by atoms with Crippen LogP contribution < -0.4 is 26.6 Å². The van der Waals surface area contributed by atoms with Gasteiger partial charge in [0.2, 0.25) is 11.9 Å². The Morgan fingerprint density at radius 3 is 2.58 bits per heavy atom. The number of hydrogen-bond donors (Lipinski definition) is 4. The molecule has 1 aromatic carbocycles. The number of hydrogen-bond acceptors (Lipinski definition) is 8. The second-order valence-electron chi connectivity index (χ2n) is 8.33. The molecule has 1 aromatic heterocycles. The zero-order valence-electron chi connectivity index (χ0n) is 21.7. The SMILES string of the molecule is CCCCCOC(=O)N/C(N)=N/OCCNC(=O)Cn1c(C)ccc(NS(=O)(=O)c2cccc(C)c2)c1=O. The molecule has 2 rings (SSSR count). The zero-order valence-corrected chi connectivity index (χ0v) is 22.5. The van der Waals surface area contributed by atoms with Crippen molar-refractivity contribution in [2.75, 3.05) is 24.5 Å². The first kappa shape index (κ1) is 30.2. The van der Waals surface area contributed by atoms with Crippen LogP contribution in [0, 0.1) is 13.8 Å². The number of alkyl carbamates (subject to hydrolysis) is 1. The van der Waals surface area contributed by atoms with E-state index in [-0.39, 0.29) is 42.8 Å². The molecule has 1 heterocycles. The lowest BCUT2D eigenvalue weighted by molar-refractivity contribution is -0.122. The van der Waals surface area contributed by atoms with E-state index in [1.165, 1.54) is 24.3 Å². The third-order valence-corrected chi connectivity index (χ3v) is 6.49. The number of unbranched alkanes of at least 4 members (excludes halogenated alkanes) is 2. The van der Waals surface area contributed by atoms with Crippen molar-refractivity contribution >= 4 is 33.7 Å². The third-order valence-electron chi connectivity index (χ3n) is 5.13. The molecule has 0 spiro atoms. The molecule has 208 valence electrons. The molecule has 0 radical (unpaired) electrons. The number of carbonyl (C=O) groups excluding carboxylic acids is 2. The van der Waals surface area contributed by atoms with E-state index in [0.717, 1.165) is 29.4 Å². The second-order valence-corrected chi connectivity index (χ2v) is 10.0. The highest BCUT2D eigenvalue weighted by Gasteiger charge is 2.18. The average molecular weight is 551 g/mol. The number of sulfonamides is 1. The van der Waals surface area contributed by atoms with Crippen LogP contribution in [-0.4, -0.2) is 50.7 Å². The van der Waals surface area contributed by atoms with E-state index in [1.54, 1.807) is 26.0 Å². The van der Waals surface area contributed by atoms with E-state index >= 15 is 0 Å². The molecule has 5 N–H and O–H groups in total. The minimum atomic E-state index is -4.00. The fraction of sp³-hybridized carbons (Fsp3) is 0.417. The number of anilines is 1. The molecule has 0 bridgehead atoms. The summed E-state index contributed by atoms with van der Waals surface area (Å²) in [6.07, 6.45) is 1.94. The summed E-state index contributed by atoms with van der Waals surface area (Å²) in [5.41, 5.74) is 5.88. The topological polar surface area (TPSA) is 183 Å². The summed E-state index contributed by atoms with van der Waals surface area (Å²) in [5, 5.41) is 8.26. The van der Waals surface area contributed by atoms with Crippen molar-refractivity contribution in [2.24, 2.45) is 10.9 Å². The molecule has 0 fully saturated rings. The van der Waals surface area contributed by atoms with Gasteiger partial charge in [-0.3, -0.25) is 19.6 Å². The van der Waals surface area contributed by atoms with Crippen molar-refractivity contribution in [3.05, 3.63) is 58.0 Å². The lowest BCUT2D eigenvalue weighted by atomic mass is 10.2. The first-order valence-electron chi connectivity index (χ1n) is 12.0. The van der Waals surface area contributed by atoms with Gasteiger partial charge in [0.25, 0.3) is 15.6 Å². The van der Waals surface area contributed by atoms with Crippen LogP contribution in [0.4, 0.5) is 10.5 Å². The highest BCUT2D eigenvalue weighted by Crippen LogP contribution is 2.15. The smallest absolute Gasteiger partial charge is 0.414 e. The van der Waals surface area contributed by atoms with Gasteiger partial charge >= 0.3 is 6.09 Å². The third kappa shape index (κ3) is 9.76. The number of nitrogens with one attached hydrogen (secondary N) is 3. The maximum Gasteiger partial charge on any atom is 0.414 e. The molecule has 0 saturated heterocycles. The summed E-state index contributed by atoms with van der Waals surface area (Å²) < 4.78 is 33.8. The number of ether oxygens (including phenoxy) is 1. The van der Waals surface area contributed by atoms with Crippen LogP contribution in [0.25, 0.3) is 0 Å². The molecule has 0 aliphatic rings. The molecule has 2 aromatic rings. The molecule has 38 heavy (non-hydrogen) atoms. The fourth-order valence-corrected chi connectivity index (χ4v) is 4.32. The number of nitrogens with zero attached hydrogens (tertiary/aromatic N) is 2. The van der Waals surface area contributed by atoms with Crippen LogP contribution in [-0.2, 0) is 30.9 Å². The first-order valence-corrected chi connectivity index (χ1v) is 13.5. The monoisotopic (exact) mass is 550 g/mol. The number of aryl methyl sites for hydroxylation is 2. The maximum atomic E-state index is 12.9. The van der Waals surface area contributed by atoms with E-state index in [9.17, 15) is 22.8 Å². The quantitative estimate of drug-likeness (QED) is 0.125. The number of nitrogens with two attached hydrogens (primary N) is 1. The summed E-state index contributed by atoms with van der Waals surface area (Å²) in [4.78, 5) is 41.8. The minimum absolute atomic E-state index is 0.0177. The Morgan fingerprint density at radius 2 is 1.87 bits per heavy atom. The van der Waals surface area contributed by atoms with E-state index in [2.05, 4.69) is 20.5 Å². The van der Waals surface area contributed by atoms with Gasteiger partial charge < -0.3 is 25.2 Å². The lowest BCUT2D eigenvalue weighted by Gasteiger charge is -2.13. The molecule has 0 aliphatic heterocycles. The predicted octanol–water partition coefficient (Wildman–Crippen LogP) is 1.54. The number of amides is 2. The van der Waals surface area contributed by atoms with Crippen LogP contribution in [0.2, 0.25) is 0 Å². The van der Waals surface area contributed by atoms with Crippen LogP contribution in [0.1, 0.15) is 37.4 Å². The predicted molar refractivity (Wildman–Crippen MR) is 142 cm³/mol. The summed E-state index contributed by atoms with van der Waals surface area (Å²) in [6.45, 7) is 5.30. The number of benzene rings is 1. The van der Waals surface area contributed by atoms with Crippen molar-refractivity contribution < 1.29 is 27.6 Å². The van der Waals surface area contributed by atoms with Crippen LogP contribution in [0.5, 0.6) is 0 Å². The van der Waals surface area contributed by atoms with Crippen LogP contribution >= 0.6 is 0 Å². The number of pyridine rings is 1. The second kappa shape index (κ2) is 14.6. The molecule has 0 unspecified atom stereocenters. The molecule has 14 heteroatoms. The summed E-state index contributed by atoms with van der Waals surface area (Å²) >= 11 is 0. The lowest BCUT2D eigenvalue weighted by Crippen LogP contribution is -2.38. The molecule has 0 saturated carbocycles. The molecular weight excluding hydrogens is 516 g/mol. The van der Waals surface area contributed by atoms with Gasteiger partial charge in [0, 0.05) is 5.69 Å². The Bertz CT molecular complexity index is 1310. The minimum Gasteiger partial charge on any atom is -0.449 e. The van der Waals surface area contributed by atoms with Crippen molar-refractivity contribution in [2.45, 2.75) is 51.5 Å². The molecule has 0 atom stereocenters. The summed E-state index contributed by atoms with van der Waals surface area (Å²) in [6, 6.07) is 9.15. The van der Waals surface area contributed by atoms with E-state index in [0.29, 0.717) is 5.69 Å². The van der Waals surface area contributed by atoms with Crippen LogP contribution in [0.15, 0.2) is 51.2 Å². The van der Waals surface area contributed by atoms with E-state index in [1.807, 2.05) is 6.92 Å². The van der Waals surface area contributed by atoms with Gasteiger partial charge in [-0.05, 0) is 55.3 Å². The van der Waals surface area contributed by atoms with Gasteiger partial charge in [-0.1, -0.05) is 31.9 Å². The Balaban J connectivity index is 1.86. The molecule has 2 amide bonds. The van der Waals surface area contributed by atoms with Crippen molar-refractivity contribution in [3.63, 3.8) is 0 Å². The van der Waals surface area contributed by atoms with Crippen molar-refractivity contribution in [1.82, 2.24) is 15.2 Å². The van der Waals surface area contributed by atoms with E-state index < -0.39 is 27.6 Å². The Hall–Kier alpha value is -4.07. The first-order chi connectivity index (χ1) is 18.0. The van der Waals surface area contributed by atoms with Gasteiger partial charge in [0.05, 0.1) is 18.0 Å². The summed E-state index contributed by atoms with van der Waals surface area (Å²) in [7, 11) is -4.00. The maximum absolute atomic E-state index is 12.9. The van der Waals surface area contributed by atoms with Crippen molar-refractivity contribution in [3.8, 4) is 0 Å². The van der Waals surface area contributed by atoms with Crippen molar-refractivity contribution in [1.29, 1.82) is 0 Å². The Kier molecular flexibility index (Phi) is 11.6. The van der Waals surface area contributed by atoms with Crippen LogP contribution in [0.3, 0.4) is 0 Å². The fourth-order valence-electron chi connectivity index (χ4n) is 3.16. The highest BCUT2D eigenvalue weighted by atomic mass is 32.2. The summed E-state index contributed by atoms with van der Waals surface area (Å²) in [5.74, 6) is -0.813. The number of carbonyl (C=O) groups is 2. The number of oxime groups is 1. The van der Waals surface area contributed by atoms with Gasteiger partial charge in [-0.2, -0.15) is 0 Å². The van der Waals surface area contributed by atoms with Gasteiger partial charge in [0.15, 0.2) is 0 Å². The molecule has 13 nitrogen and oxygen atoms in total. The van der Waals surface area contributed by atoms with Gasteiger partial charge in [-0.15, -0.1) is 0 Å². The number of rotatable bonds is 13. The van der Waals surface area contributed by atoms with E-state index in [4.69, 9.17) is 15.3 Å². The number of guanidine groups is 1. The zero-order chi connectivity index (χ0) is 28.1. The van der Waals surface area contributed by atoms with Gasteiger partial charge in [-0.25, -0.2) is 13.2 Å². The molecule has 0 aliphatic carbocycles. The molecular formula is C24H34N6O7S. The number of aromatic nitrogens is 1. The van der Waals surface area contributed by atoms with Gasteiger partial charge in [0.1, 0.15) is 18.8 Å². The largest absolute Gasteiger partial charge is 0.449 e. The average Bonchev–Trinajstić information content (AvgIpc) is 2.86.